The fourth-order valence-electron chi connectivity index (χ4n) is 4.37. The first-order valence-electron chi connectivity index (χ1n) is 10.3. The molecule has 3 atom stereocenters. The lowest BCUT2D eigenvalue weighted by molar-refractivity contribution is -0.136. The summed E-state index contributed by atoms with van der Waals surface area (Å²) in [7, 11) is 0. The van der Waals surface area contributed by atoms with Crippen LogP contribution in [0.5, 0.6) is 0 Å². The van der Waals surface area contributed by atoms with Gasteiger partial charge in [-0.05, 0) is 25.8 Å². The first kappa shape index (κ1) is 22.2. The number of nitrogens with zero attached hydrogens (tertiary/aromatic N) is 3. The highest BCUT2D eigenvalue weighted by Crippen LogP contribution is 2.42. The second-order valence-corrected chi connectivity index (χ2v) is 9.10. The second kappa shape index (κ2) is 8.48. The first-order valence-corrected chi connectivity index (χ1v) is 11.2. The third-order valence-electron chi connectivity index (χ3n) is 6.21. The Balaban J connectivity index is 1.53. The highest BCUT2D eigenvalue weighted by molar-refractivity contribution is 7.09. The van der Waals surface area contributed by atoms with Crippen LogP contribution in [0, 0.1) is 6.92 Å². The van der Waals surface area contributed by atoms with Gasteiger partial charge < -0.3 is 10.4 Å². The molecule has 1 aliphatic heterocycles. The standard InChI is InChI=1S/C21H25F3N4O2S/c1-13-18(31-12-27-13)15(28-9-6-20(22,23)7-10-28)11-26-19(30)21(24)5-4-16(29)17-14(21)3-2-8-25-17/h2-3,8,12,15-16,29H,4-7,9-11H2,1H3,(H,26,30)/t15?,16-,21-/m0/s1. The number of halogens is 3. The summed E-state index contributed by atoms with van der Waals surface area (Å²) in [4.78, 5) is 24.1. The van der Waals surface area contributed by atoms with Crippen LogP contribution in [-0.2, 0) is 10.5 Å². The van der Waals surface area contributed by atoms with Crippen molar-refractivity contribution in [2.24, 2.45) is 0 Å². The Labute approximate surface area is 182 Å². The zero-order valence-corrected chi connectivity index (χ0v) is 18.0. The maximum atomic E-state index is 15.9. The molecule has 0 saturated carbocycles. The van der Waals surface area contributed by atoms with E-state index < -0.39 is 23.6 Å². The van der Waals surface area contributed by atoms with Gasteiger partial charge in [0.1, 0.15) is 0 Å². The van der Waals surface area contributed by atoms with Crippen LogP contribution in [-0.4, -0.2) is 51.4 Å². The molecule has 10 heteroatoms. The third-order valence-corrected chi connectivity index (χ3v) is 7.25. The quantitative estimate of drug-likeness (QED) is 0.724. The van der Waals surface area contributed by atoms with Crippen LogP contribution in [0.25, 0.3) is 0 Å². The van der Waals surface area contributed by atoms with Crippen LogP contribution in [0.1, 0.15) is 59.7 Å². The minimum atomic E-state index is -2.68. The molecule has 168 valence electrons. The Hall–Kier alpha value is -2.04. The molecule has 0 radical (unpaired) electrons. The highest BCUT2D eigenvalue weighted by atomic mass is 32.1. The van der Waals surface area contributed by atoms with E-state index in [1.807, 2.05) is 11.8 Å². The van der Waals surface area contributed by atoms with Gasteiger partial charge in [-0.3, -0.25) is 14.7 Å². The number of likely N-dealkylation sites (tertiary alicyclic amines) is 1. The van der Waals surface area contributed by atoms with Crippen molar-refractivity contribution in [1.29, 1.82) is 0 Å². The molecule has 31 heavy (non-hydrogen) atoms. The molecule has 1 unspecified atom stereocenters. The van der Waals surface area contributed by atoms with Crippen LogP contribution < -0.4 is 5.32 Å². The molecular weight excluding hydrogens is 429 g/mol. The molecule has 2 aromatic rings. The molecule has 3 heterocycles. The number of carbonyl (C=O) groups excluding carboxylic acids is 1. The lowest BCUT2D eigenvalue weighted by Crippen LogP contribution is -2.49. The van der Waals surface area contributed by atoms with Crippen molar-refractivity contribution in [3.63, 3.8) is 0 Å². The molecular formula is C21H25F3N4O2S. The van der Waals surface area contributed by atoms with E-state index >= 15 is 4.39 Å². The third kappa shape index (κ3) is 4.33. The Bertz CT molecular complexity index is 946. The lowest BCUT2D eigenvalue weighted by atomic mass is 9.81. The van der Waals surface area contributed by atoms with Crippen molar-refractivity contribution in [2.75, 3.05) is 19.6 Å². The number of hydrogen-bond donors (Lipinski definition) is 2. The summed E-state index contributed by atoms with van der Waals surface area (Å²) in [5.41, 5.74) is 0.408. The zero-order chi connectivity index (χ0) is 22.2. The molecule has 0 bridgehead atoms. The zero-order valence-electron chi connectivity index (χ0n) is 17.2. The highest BCUT2D eigenvalue weighted by Gasteiger charge is 2.47. The van der Waals surface area contributed by atoms with Gasteiger partial charge in [0.05, 0.1) is 29.0 Å². The van der Waals surface area contributed by atoms with Crippen molar-refractivity contribution < 1.29 is 23.1 Å². The van der Waals surface area contributed by atoms with Crippen molar-refractivity contribution in [3.05, 3.63) is 45.7 Å². The van der Waals surface area contributed by atoms with E-state index in [0.717, 1.165) is 10.6 Å². The fourth-order valence-corrected chi connectivity index (χ4v) is 5.31. The number of aliphatic hydroxyl groups is 1. The predicted molar refractivity (Wildman–Crippen MR) is 110 cm³/mol. The molecule has 2 aliphatic rings. The van der Waals surface area contributed by atoms with Gasteiger partial charge in [0.25, 0.3) is 11.8 Å². The number of amides is 1. The van der Waals surface area contributed by atoms with Crippen LogP contribution in [0.4, 0.5) is 13.2 Å². The number of hydrogen-bond acceptors (Lipinski definition) is 6. The minimum absolute atomic E-state index is 0.0781. The summed E-state index contributed by atoms with van der Waals surface area (Å²) < 4.78 is 43.2. The molecule has 0 aromatic carbocycles. The van der Waals surface area contributed by atoms with Crippen molar-refractivity contribution >= 4 is 17.2 Å². The van der Waals surface area contributed by atoms with E-state index in [1.54, 1.807) is 5.51 Å². The van der Waals surface area contributed by atoms with E-state index in [-0.39, 0.29) is 62.6 Å². The molecule has 2 N–H and O–H groups in total. The monoisotopic (exact) mass is 454 g/mol. The topological polar surface area (TPSA) is 78.3 Å². The Morgan fingerprint density at radius 1 is 1.32 bits per heavy atom. The largest absolute Gasteiger partial charge is 0.387 e. The van der Waals surface area contributed by atoms with Crippen LogP contribution in [0.3, 0.4) is 0 Å². The van der Waals surface area contributed by atoms with Gasteiger partial charge in [-0.25, -0.2) is 18.2 Å². The molecule has 2 aromatic heterocycles. The minimum Gasteiger partial charge on any atom is -0.387 e. The van der Waals surface area contributed by atoms with Crippen LogP contribution >= 0.6 is 11.3 Å². The van der Waals surface area contributed by atoms with Crippen LogP contribution in [0.2, 0.25) is 0 Å². The van der Waals surface area contributed by atoms with Gasteiger partial charge in [-0.15, -0.1) is 11.3 Å². The summed E-state index contributed by atoms with van der Waals surface area (Å²) >= 11 is 1.40. The van der Waals surface area contributed by atoms with E-state index in [4.69, 9.17) is 0 Å². The number of aryl methyl sites for hydroxylation is 1. The number of aliphatic hydroxyl groups excluding tert-OH is 1. The van der Waals surface area contributed by atoms with Gasteiger partial charge in [0.2, 0.25) is 5.67 Å². The average Bonchev–Trinajstić information content (AvgIpc) is 3.17. The van der Waals surface area contributed by atoms with Gasteiger partial charge in [0, 0.05) is 49.1 Å². The van der Waals surface area contributed by atoms with E-state index in [9.17, 15) is 18.7 Å². The molecule has 0 spiro atoms. The summed E-state index contributed by atoms with van der Waals surface area (Å²) in [6.45, 7) is 2.28. The lowest BCUT2D eigenvalue weighted by Gasteiger charge is -2.38. The van der Waals surface area contributed by atoms with Gasteiger partial charge in [0.15, 0.2) is 0 Å². The van der Waals surface area contributed by atoms with Crippen molar-refractivity contribution in [2.45, 2.75) is 56.3 Å². The summed E-state index contributed by atoms with van der Waals surface area (Å²) in [6, 6.07) is 2.65. The predicted octanol–water partition coefficient (Wildman–Crippen LogP) is 3.43. The Morgan fingerprint density at radius 2 is 2.06 bits per heavy atom. The summed E-state index contributed by atoms with van der Waals surface area (Å²) in [5.74, 6) is -3.49. The smallest absolute Gasteiger partial charge is 0.262 e. The molecule has 1 saturated heterocycles. The number of aromatic nitrogens is 2. The van der Waals surface area contributed by atoms with Gasteiger partial charge >= 0.3 is 0 Å². The maximum Gasteiger partial charge on any atom is 0.262 e. The maximum absolute atomic E-state index is 15.9. The number of fused-ring (bicyclic) bond motifs is 1. The number of piperidine rings is 1. The van der Waals surface area contributed by atoms with Gasteiger partial charge in [-0.2, -0.15) is 0 Å². The van der Waals surface area contributed by atoms with Crippen molar-refractivity contribution in [3.8, 4) is 0 Å². The number of nitrogens with one attached hydrogen (secondary N) is 1. The van der Waals surface area contributed by atoms with E-state index in [1.165, 1.54) is 29.7 Å². The first-order chi connectivity index (χ1) is 14.7. The average molecular weight is 455 g/mol. The normalized spacial score (nSPS) is 26.8. The van der Waals surface area contributed by atoms with Crippen LogP contribution in [0.15, 0.2) is 23.8 Å². The SMILES string of the molecule is Cc1ncsc1C(CNC(=O)[C@]1(F)CC[C@H](O)c2ncccc21)N1CCC(F)(F)CC1. The Kier molecular flexibility index (Phi) is 6.06. The molecule has 1 aliphatic carbocycles. The molecule has 1 fully saturated rings. The molecule has 1 amide bonds. The number of thiazole rings is 1. The van der Waals surface area contributed by atoms with E-state index in [0.29, 0.717) is 0 Å². The second-order valence-electron chi connectivity index (χ2n) is 8.21. The van der Waals surface area contributed by atoms with Crippen molar-refractivity contribution in [1.82, 2.24) is 20.2 Å². The number of carbonyl (C=O) groups is 1. The fraction of sp³-hybridized carbons (Fsp3) is 0.571. The van der Waals surface area contributed by atoms with Gasteiger partial charge in [-0.1, -0.05) is 6.07 Å². The number of pyridine rings is 1. The number of rotatable bonds is 5. The summed E-state index contributed by atoms with van der Waals surface area (Å²) in [6.07, 6.45) is -0.0137. The number of alkyl halides is 3. The summed E-state index contributed by atoms with van der Waals surface area (Å²) in [5, 5.41) is 12.8. The van der Waals surface area contributed by atoms with E-state index in [2.05, 4.69) is 15.3 Å². The molecule has 6 nitrogen and oxygen atoms in total. The molecule has 4 rings (SSSR count). The Morgan fingerprint density at radius 3 is 2.74 bits per heavy atom.